The van der Waals surface area contributed by atoms with Crippen LogP contribution in [0.3, 0.4) is 0 Å². The van der Waals surface area contributed by atoms with Crippen molar-refractivity contribution in [2.45, 2.75) is 77.2 Å². The molecule has 0 radical (unpaired) electrons. The van der Waals surface area contributed by atoms with E-state index < -0.39 is 23.8 Å². The lowest BCUT2D eigenvalue weighted by Gasteiger charge is -2.43. The molecule has 190 valence electrons. The zero-order valence-corrected chi connectivity index (χ0v) is 21.4. The Morgan fingerprint density at radius 3 is 2.25 bits per heavy atom. The highest BCUT2D eigenvalue weighted by Crippen LogP contribution is 2.34. The molecule has 1 saturated carbocycles. The third kappa shape index (κ3) is 7.11. The molecule has 0 heterocycles. The number of hydrogen-bond acceptors (Lipinski definition) is 4. The van der Waals surface area contributed by atoms with E-state index in [1.54, 1.807) is 56.9 Å². The number of nitrogens with zero attached hydrogens (tertiary/aromatic N) is 1. The summed E-state index contributed by atoms with van der Waals surface area (Å²) in [5.74, 6) is 1.95. The first-order valence-electron chi connectivity index (χ1n) is 12.3. The van der Waals surface area contributed by atoms with Crippen molar-refractivity contribution in [3.8, 4) is 12.3 Å². The first kappa shape index (κ1) is 26.8. The highest BCUT2D eigenvalue weighted by atomic mass is 16.6. The Morgan fingerprint density at radius 2 is 1.72 bits per heavy atom. The summed E-state index contributed by atoms with van der Waals surface area (Å²) >= 11 is 0. The number of carbonyl (C=O) groups is 3. The Balaban J connectivity index is 1.89. The van der Waals surface area contributed by atoms with Crippen molar-refractivity contribution in [2.75, 3.05) is 0 Å². The number of benzene rings is 2. The standard InChI is InChI=1S/C29H35N3O4/c1-6-21-15-17-23(18-16-21)25(26(33)30-19-22-11-8-7-9-12-22)32(24-13-10-14-24)27(34)20(2)31-28(35)36-29(3,4)5/h1,7-9,11-12,15-18,20,24-25H,10,13-14,19H2,2-5H3,(H,30,33)(H,31,35). The van der Waals surface area contributed by atoms with Crippen LogP contribution in [0.15, 0.2) is 54.6 Å². The molecule has 0 aromatic heterocycles. The van der Waals surface area contributed by atoms with Gasteiger partial charge in [-0.2, -0.15) is 0 Å². The van der Waals surface area contributed by atoms with Gasteiger partial charge in [-0.25, -0.2) is 4.79 Å². The molecule has 2 aromatic rings. The van der Waals surface area contributed by atoms with Crippen LogP contribution in [0.5, 0.6) is 0 Å². The van der Waals surface area contributed by atoms with Crippen molar-refractivity contribution in [3.63, 3.8) is 0 Å². The van der Waals surface area contributed by atoms with Gasteiger partial charge in [-0.15, -0.1) is 6.42 Å². The molecular weight excluding hydrogens is 454 g/mol. The van der Waals surface area contributed by atoms with E-state index in [-0.39, 0.29) is 17.9 Å². The Kier molecular flexibility index (Phi) is 8.76. The number of rotatable bonds is 8. The molecule has 0 spiro atoms. The molecule has 2 unspecified atom stereocenters. The molecule has 1 aliphatic rings. The van der Waals surface area contributed by atoms with E-state index in [1.165, 1.54) is 0 Å². The number of ether oxygens (including phenoxy) is 1. The first-order valence-corrected chi connectivity index (χ1v) is 12.3. The molecular formula is C29H35N3O4. The molecule has 2 atom stereocenters. The minimum absolute atomic E-state index is 0.111. The summed E-state index contributed by atoms with van der Waals surface area (Å²) in [4.78, 5) is 41.3. The number of hydrogen-bond donors (Lipinski definition) is 2. The van der Waals surface area contributed by atoms with Crippen LogP contribution in [0.2, 0.25) is 0 Å². The van der Waals surface area contributed by atoms with Crippen LogP contribution in [0, 0.1) is 12.3 Å². The maximum absolute atomic E-state index is 13.7. The van der Waals surface area contributed by atoms with Gasteiger partial charge < -0.3 is 20.3 Å². The van der Waals surface area contributed by atoms with Crippen LogP contribution in [0.25, 0.3) is 0 Å². The number of carbonyl (C=O) groups excluding carboxylic acids is 3. The van der Waals surface area contributed by atoms with E-state index in [0.29, 0.717) is 17.7 Å². The Labute approximate surface area is 213 Å². The molecule has 0 saturated heterocycles. The van der Waals surface area contributed by atoms with E-state index in [9.17, 15) is 14.4 Å². The normalized spacial score (nSPS) is 15.0. The number of nitrogens with one attached hydrogen (secondary N) is 2. The van der Waals surface area contributed by atoms with Gasteiger partial charge in [0.2, 0.25) is 11.8 Å². The van der Waals surface area contributed by atoms with Gasteiger partial charge in [0.15, 0.2) is 0 Å². The van der Waals surface area contributed by atoms with Gasteiger partial charge in [-0.05, 0) is 70.2 Å². The molecule has 0 bridgehead atoms. The summed E-state index contributed by atoms with van der Waals surface area (Å²) < 4.78 is 5.33. The Hall–Kier alpha value is -3.79. The molecule has 0 aliphatic heterocycles. The summed E-state index contributed by atoms with van der Waals surface area (Å²) in [5.41, 5.74) is 1.60. The molecule has 2 aromatic carbocycles. The summed E-state index contributed by atoms with van der Waals surface area (Å²) in [5, 5.41) is 5.62. The third-order valence-corrected chi connectivity index (χ3v) is 6.06. The highest BCUT2D eigenvalue weighted by molar-refractivity contribution is 5.92. The SMILES string of the molecule is C#Cc1ccc(C(C(=O)NCc2ccccc2)N(C(=O)C(C)NC(=O)OC(C)(C)C)C2CCC2)cc1. The number of alkyl carbamates (subject to hydrolysis) is 1. The van der Waals surface area contributed by atoms with Crippen LogP contribution in [0.4, 0.5) is 4.79 Å². The molecule has 36 heavy (non-hydrogen) atoms. The van der Waals surface area contributed by atoms with Crippen molar-refractivity contribution in [3.05, 3.63) is 71.3 Å². The Bertz CT molecular complexity index is 1100. The zero-order chi connectivity index (χ0) is 26.3. The van der Waals surface area contributed by atoms with Crippen molar-refractivity contribution in [1.29, 1.82) is 0 Å². The topological polar surface area (TPSA) is 87.7 Å². The quantitative estimate of drug-likeness (QED) is 0.541. The average Bonchev–Trinajstić information content (AvgIpc) is 2.80. The van der Waals surface area contributed by atoms with E-state index in [0.717, 1.165) is 24.8 Å². The predicted octanol–water partition coefficient (Wildman–Crippen LogP) is 4.32. The monoisotopic (exact) mass is 489 g/mol. The van der Waals surface area contributed by atoms with Gasteiger partial charge in [-0.1, -0.05) is 48.4 Å². The van der Waals surface area contributed by atoms with Gasteiger partial charge in [0.05, 0.1) is 0 Å². The molecule has 7 nitrogen and oxygen atoms in total. The Morgan fingerprint density at radius 1 is 1.08 bits per heavy atom. The minimum atomic E-state index is -0.880. The summed E-state index contributed by atoms with van der Waals surface area (Å²) in [6.45, 7) is 7.21. The summed E-state index contributed by atoms with van der Waals surface area (Å²) in [7, 11) is 0. The molecule has 2 N–H and O–H groups in total. The third-order valence-electron chi connectivity index (χ3n) is 6.06. The van der Waals surface area contributed by atoms with Crippen LogP contribution < -0.4 is 10.6 Å². The summed E-state index contributed by atoms with van der Waals surface area (Å²) in [6.07, 6.45) is 7.38. The molecule has 1 aliphatic carbocycles. The van der Waals surface area contributed by atoms with Gasteiger partial charge >= 0.3 is 6.09 Å². The fourth-order valence-corrected chi connectivity index (χ4v) is 4.03. The fraction of sp³-hybridized carbons (Fsp3) is 0.414. The predicted molar refractivity (Wildman–Crippen MR) is 139 cm³/mol. The van der Waals surface area contributed by atoms with Gasteiger partial charge in [0, 0.05) is 18.2 Å². The van der Waals surface area contributed by atoms with Crippen molar-refractivity contribution in [1.82, 2.24) is 15.5 Å². The maximum atomic E-state index is 13.7. The van der Waals surface area contributed by atoms with Crippen molar-refractivity contribution >= 4 is 17.9 Å². The number of amides is 3. The zero-order valence-electron chi connectivity index (χ0n) is 21.4. The first-order chi connectivity index (χ1) is 17.1. The molecule has 3 amide bonds. The lowest BCUT2D eigenvalue weighted by atomic mass is 9.88. The lowest BCUT2D eigenvalue weighted by molar-refractivity contribution is -0.147. The van der Waals surface area contributed by atoms with Crippen LogP contribution >= 0.6 is 0 Å². The minimum Gasteiger partial charge on any atom is -0.444 e. The van der Waals surface area contributed by atoms with E-state index >= 15 is 0 Å². The van der Waals surface area contributed by atoms with Gasteiger partial charge in [0.25, 0.3) is 0 Å². The summed E-state index contributed by atoms with van der Waals surface area (Å²) in [6, 6.07) is 14.8. The van der Waals surface area contributed by atoms with Crippen LogP contribution in [0.1, 0.15) is 69.7 Å². The van der Waals surface area contributed by atoms with Crippen LogP contribution in [-0.4, -0.2) is 40.5 Å². The van der Waals surface area contributed by atoms with Crippen LogP contribution in [-0.2, 0) is 20.9 Å². The second kappa shape index (κ2) is 11.8. The highest BCUT2D eigenvalue weighted by Gasteiger charge is 2.40. The lowest BCUT2D eigenvalue weighted by Crippen LogP contribution is -2.56. The fourth-order valence-electron chi connectivity index (χ4n) is 4.03. The van der Waals surface area contributed by atoms with Crippen molar-refractivity contribution in [2.24, 2.45) is 0 Å². The van der Waals surface area contributed by atoms with E-state index in [2.05, 4.69) is 16.6 Å². The van der Waals surface area contributed by atoms with Gasteiger partial charge in [0.1, 0.15) is 17.7 Å². The number of terminal acetylenes is 1. The second-order valence-electron chi connectivity index (χ2n) is 10.1. The van der Waals surface area contributed by atoms with Gasteiger partial charge in [-0.3, -0.25) is 9.59 Å². The maximum Gasteiger partial charge on any atom is 0.408 e. The average molecular weight is 490 g/mol. The largest absolute Gasteiger partial charge is 0.444 e. The van der Waals surface area contributed by atoms with E-state index in [4.69, 9.17) is 11.2 Å². The molecule has 3 rings (SSSR count). The van der Waals surface area contributed by atoms with E-state index in [1.807, 2.05) is 30.3 Å². The van der Waals surface area contributed by atoms with Crippen molar-refractivity contribution < 1.29 is 19.1 Å². The molecule has 1 fully saturated rings. The second-order valence-corrected chi connectivity index (χ2v) is 10.1. The smallest absolute Gasteiger partial charge is 0.408 e. The molecule has 7 heteroatoms.